The minimum atomic E-state index is -0.502. The monoisotopic (exact) mass is 455 g/mol. The molecule has 2 rings (SSSR count). The molecule has 1 saturated heterocycles. The molecule has 9 heteroatoms. The predicted molar refractivity (Wildman–Crippen MR) is 121 cm³/mol. The molecule has 0 unspecified atom stereocenters. The molecule has 0 aliphatic carbocycles. The summed E-state index contributed by atoms with van der Waals surface area (Å²) in [5.74, 6) is 1.01. The van der Waals surface area contributed by atoms with Crippen LogP contribution in [0.15, 0.2) is 18.2 Å². The van der Waals surface area contributed by atoms with Crippen LogP contribution in [-0.2, 0) is 14.4 Å². The highest BCUT2D eigenvalue weighted by Crippen LogP contribution is 2.29. The van der Waals surface area contributed by atoms with Gasteiger partial charge in [0, 0.05) is 30.4 Å². The van der Waals surface area contributed by atoms with E-state index in [4.69, 9.17) is 16.3 Å². The number of amides is 3. The lowest BCUT2D eigenvalue weighted by Gasteiger charge is -2.25. The Morgan fingerprint density at radius 2 is 2.00 bits per heavy atom. The first-order chi connectivity index (χ1) is 14.3. The van der Waals surface area contributed by atoms with E-state index in [1.54, 1.807) is 39.8 Å². The van der Waals surface area contributed by atoms with Gasteiger partial charge >= 0.3 is 0 Å². The van der Waals surface area contributed by atoms with E-state index in [1.807, 2.05) is 27.7 Å². The van der Waals surface area contributed by atoms with Gasteiger partial charge in [0.25, 0.3) is 5.91 Å². The Labute approximate surface area is 187 Å². The molecule has 166 valence electrons. The van der Waals surface area contributed by atoms with Gasteiger partial charge < -0.3 is 19.9 Å². The molecule has 0 aromatic heterocycles. The molecule has 0 radical (unpaired) electrons. The zero-order valence-corrected chi connectivity index (χ0v) is 19.5. The van der Waals surface area contributed by atoms with Crippen LogP contribution in [0.3, 0.4) is 0 Å². The molecule has 1 aromatic rings. The highest BCUT2D eigenvalue weighted by molar-refractivity contribution is 7.99. The van der Waals surface area contributed by atoms with E-state index in [0.717, 1.165) is 6.42 Å². The standard InChI is InChI=1S/C21H30ClN3O4S/c1-5-14(4)21(28)25-13-30-12-17(25)20(27)23-15-8-9-18(16(22)10-15)29-11-19(26)24(6-2)7-3/h8-10,14,17H,5-7,11-13H2,1-4H3,(H,23,27)/t14-,17+/m0/s1. The molecule has 1 aliphatic rings. The number of ether oxygens (including phenoxy) is 1. The van der Waals surface area contributed by atoms with Gasteiger partial charge in [-0.3, -0.25) is 14.4 Å². The number of hydrogen-bond donors (Lipinski definition) is 1. The number of thioether (sulfide) groups is 1. The lowest BCUT2D eigenvalue weighted by Crippen LogP contribution is -2.46. The number of hydrogen-bond acceptors (Lipinski definition) is 5. The van der Waals surface area contributed by atoms with Gasteiger partial charge in [0.2, 0.25) is 11.8 Å². The highest BCUT2D eigenvalue weighted by Gasteiger charge is 2.36. The fourth-order valence-corrected chi connectivity index (χ4v) is 4.46. The van der Waals surface area contributed by atoms with Crippen LogP contribution in [0.25, 0.3) is 0 Å². The molecule has 1 N–H and O–H groups in total. The van der Waals surface area contributed by atoms with Crippen molar-refractivity contribution in [2.24, 2.45) is 5.92 Å². The van der Waals surface area contributed by atoms with Crippen LogP contribution in [0.4, 0.5) is 5.69 Å². The van der Waals surface area contributed by atoms with Gasteiger partial charge in [-0.05, 0) is 38.5 Å². The number of rotatable bonds is 9. The van der Waals surface area contributed by atoms with Crippen LogP contribution in [0.1, 0.15) is 34.1 Å². The smallest absolute Gasteiger partial charge is 0.260 e. The van der Waals surface area contributed by atoms with Crippen molar-refractivity contribution in [1.29, 1.82) is 0 Å². The summed E-state index contributed by atoms with van der Waals surface area (Å²) < 4.78 is 5.54. The summed E-state index contributed by atoms with van der Waals surface area (Å²) in [6, 6.07) is 4.38. The van der Waals surface area contributed by atoms with Gasteiger partial charge in [0.15, 0.2) is 6.61 Å². The van der Waals surface area contributed by atoms with Crippen LogP contribution in [0.2, 0.25) is 5.02 Å². The van der Waals surface area contributed by atoms with Crippen molar-refractivity contribution >= 4 is 46.8 Å². The van der Waals surface area contributed by atoms with E-state index in [0.29, 0.717) is 41.2 Å². The van der Waals surface area contributed by atoms with Gasteiger partial charge in [-0.25, -0.2) is 0 Å². The predicted octanol–water partition coefficient (Wildman–Crippen LogP) is 3.47. The number of anilines is 1. The summed E-state index contributed by atoms with van der Waals surface area (Å²) in [7, 11) is 0. The second-order valence-electron chi connectivity index (χ2n) is 7.12. The number of likely N-dealkylation sites (N-methyl/N-ethyl adjacent to an activating group) is 1. The van der Waals surface area contributed by atoms with Gasteiger partial charge in [-0.15, -0.1) is 11.8 Å². The maximum Gasteiger partial charge on any atom is 0.260 e. The van der Waals surface area contributed by atoms with Crippen LogP contribution < -0.4 is 10.1 Å². The highest BCUT2D eigenvalue weighted by atomic mass is 35.5. The number of nitrogens with zero attached hydrogens (tertiary/aromatic N) is 2. The maximum absolute atomic E-state index is 12.8. The van der Waals surface area contributed by atoms with Crippen molar-refractivity contribution in [2.45, 2.75) is 40.2 Å². The third-order valence-electron chi connectivity index (χ3n) is 5.17. The van der Waals surface area contributed by atoms with Gasteiger partial charge in [0.1, 0.15) is 11.8 Å². The maximum atomic E-state index is 12.8. The second-order valence-corrected chi connectivity index (χ2v) is 8.53. The third kappa shape index (κ3) is 6.04. The van der Waals surface area contributed by atoms with E-state index in [9.17, 15) is 14.4 Å². The Hall–Kier alpha value is -1.93. The molecule has 0 saturated carbocycles. The molecule has 1 aromatic carbocycles. The van der Waals surface area contributed by atoms with E-state index in [1.165, 1.54) is 0 Å². The molecular weight excluding hydrogens is 426 g/mol. The third-order valence-corrected chi connectivity index (χ3v) is 6.48. The SMILES string of the molecule is CC[C@H](C)C(=O)N1CSC[C@@H]1C(=O)Nc1ccc(OCC(=O)N(CC)CC)c(Cl)c1. The topological polar surface area (TPSA) is 79.0 Å². The largest absolute Gasteiger partial charge is 0.482 e. The summed E-state index contributed by atoms with van der Waals surface area (Å²) >= 11 is 7.84. The van der Waals surface area contributed by atoms with Crippen LogP contribution in [0, 0.1) is 5.92 Å². The Balaban J connectivity index is 1.99. The van der Waals surface area contributed by atoms with E-state index < -0.39 is 6.04 Å². The zero-order valence-electron chi connectivity index (χ0n) is 17.9. The average molecular weight is 456 g/mol. The quantitative estimate of drug-likeness (QED) is 0.616. The Morgan fingerprint density at radius 1 is 1.30 bits per heavy atom. The number of nitrogens with one attached hydrogen (secondary N) is 1. The summed E-state index contributed by atoms with van der Waals surface area (Å²) in [5, 5.41) is 3.13. The number of carbonyl (C=O) groups is 3. The number of carbonyl (C=O) groups excluding carboxylic acids is 3. The number of benzene rings is 1. The normalized spacial score (nSPS) is 16.8. The first kappa shape index (κ1) is 24.3. The minimum Gasteiger partial charge on any atom is -0.482 e. The summed E-state index contributed by atoms with van der Waals surface area (Å²) in [6.45, 7) is 8.80. The molecule has 7 nitrogen and oxygen atoms in total. The molecule has 1 fully saturated rings. The first-order valence-corrected chi connectivity index (χ1v) is 11.7. The van der Waals surface area contributed by atoms with Gasteiger partial charge in [-0.2, -0.15) is 0 Å². The molecule has 1 heterocycles. The molecule has 1 aliphatic heterocycles. The minimum absolute atomic E-state index is 0.00213. The van der Waals surface area contributed by atoms with E-state index in [2.05, 4.69) is 5.32 Å². The summed E-state index contributed by atoms with van der Waals surface area (Å²) in [4.78, 5) is 40.7. The van der Waals surface area contributed by atoms with Gasteiger partial charge in [-0.1, -0.05) is 25.4 Å². The van der Waals surface area contributed by atoms with Crippen molar-refractivity contribution < 1.29 is 19.1 Å². The Kier molecular flexibility index (Phi) is 9.30. The van der Waals surface area contributed by atoms with Crippen LogP contribution >= 0.6 is 23.4 Å². The lowest BCUT2D eigenvalue weighted by molar-refractivity contribution is -0.139. The van der Waals surface area contributed by atoms with E-state index in [-0.39, 0.29) is 30.2 Å². The van der Waals surface area contributed by atoms with Crippen molar-refractivity contribution in [1.82, 2.24) is 9.80 Å². The van der Waals surface area contributed by atoms with E-state index >= 15 is 0 Å². The molecule has 2 atom stereocenters. The van der Waals surface area contributed by atoms with Crippen LogP contribution in [-0.4, -0.2) is 64.9 Å². The fraction of sp³-hybridized carbons (Fsp3) is 0.571. The molecule has 3 amide bonds. The summed E-state index contributed by atoms with van der Waals surface area (Å²) in [5.41, 5.74) is 0.514. The Morgan fingerprint density at radius 3 is 2.60 bits per heavy atom. The van der Waals surface area contributed by atoms with Crippen molar-refractivity contribution in [2.75, 3.05) is 36.6 Å². The van der Waals surface area contributed by atoms with Crippen LogP contribution in [0.5, 0.6) is 5.75 Å². The number of halogens is 1. The average Bonchev–Trinajstić information content (AvgIpc) is 3.23. The Bertz CT molecular complexity index is 773. The van der Waals surface area contributed by atoms with Crippen molar-refractivity contribution in [3.05, 3.63) is 23.2 Å². The van der Waals surface area contributed by atoms with Crippen molar-refractivity contribution in [3.63, 3.8) is 0 Å². The van der Waals surface area contributed by atoms with Crippen molar-refractivity contribution in [3.8, 4) is 5.75 Å². The first-order valence-electron chi connectivity index (χ1n) is 10.2. The molecule has 30 heavy (non-hydrogen) atoms. The second kappa shape index (κ2) is 11.5. The lowest BCUT2D eigenvalue weighted by atomic mass is 10.1. The molecule has 0 spiro atoms. The molecular formula is C21H30ClN3O4S. The zero-order chi connectivity index (χ0) is 22.3. The van der Waals surface area contributed by atoms with Gasteiger partial charge in [0.05, 0.1) is 10.9 Å². The fourth-order valence-electron chi connectivity index (χ4n) is 3.06. The summed E-state index contributed by atoms with van der Waals surface area (Å²) in [6.07, 6.45) is 0.738. The molecule has 0 bridgehead atoms.